The number of rotatable bonds is 6. The third kappa shape index (κ3) is 4.62. The van der Waals surface area contributed by atoms with Gasteiger partial charge in [0, 0.05) is 12.1 Å². The number of nitrogens with zero attached hydrogens (tertiary/aromatic N) is 2. The van der Waals surface area contributed by atoms with Gasteiger partial charge in [0.25, 0.3) is 11.8 Å². The van der Waals surface area contributed by atoms with E-state index in [1.54, 1.807) is 24.3 Å². The van der Waals surface area contributed by atoms with Gasteiger partial charge in [-0.3, -0.25) is 14.4 Å². The number of aryl methyl sites for hydroxylation is 1. The number of amides is 3. The fraction of sp³-hybridized carbons (Fsp3) is 0.192. The molecule has 1 saturated heterocycles. The van der Waals surface area contributed by atoms with Crippen LogP contribution >= 0.6 is 0 Å². The molecule has 0 radical (unpaired) electrons. The van der Waals surface area contributed by atoms with E-state index >= 15 is 0 Å². The van der Waals surface area contributed by atoms with E-state index in [9.17, 15) is 18.8 Å². The molecule has 3 amide bonds. The molecule has 0 saturated carbocycles. The van der Waals surface area contributed by atoms with Crippen molar-refractivity contribution >= 4 is 23.4 Å². The van der Waals surface area contributed by atoms with Crippen LogP contribution in [0.5, 0.6) is 5.75 Å². The van der Waals surface area contributed by atoms with E-state index in [0.717, 1.165) is 16.0 Å². The zero-order chi connectivity index (χ0) is 23.5. The monoisotopic (exact) mass is 446 g/mol. The maximum atomic E-state index is 13.5. The van der Waals surface area contributed by atoms with Crippen LogP contribution < -0.4 is 9.64 Å². The lowest BCUT2D eigenvalue weighted by molar-refractivity contribution is -0.122. The molecule has 0 aromatic heterocycles. The highest BCUT2D eigenvalue weighted by Gasteiger charge is 2.44. The smallest absolute Gasteiger partial charge is 0.257 e. The molecule has 7 heteroatoms. The molecule has 6 nitrogen and oxygen atoms in total. The van der Waals surface area contributed by atoms with E-state index < -0.39 is 23.7 Å². The number of imide groups is 1. The van der Waals surface area contributed by atoms with Crippen molar-refractivity contribution in [2.75, 3.05) is 12.0 Å². The Labute approximate surface area is 191 Å². The number of ether oxygens (including phenoxy) is 1. The van der Waals surface area contributed by atoms with Crippen LogP contribution in [0.15, 0.2) is 72.8 Å². The number of hydrogen-bond donors (Lipinski definition) is 0. The second-order valence-corrected chi connectivity index (χ2v) is 7.91. The zero-order valence-electron chi connectivity index (χ0n) is 18.3. The van der Waals surface area contributed by atoms with Crippen LogP contribution in [-0.2, 0) is 16.1 Å². The topological polar surface area (TPSA) is 66.9 Å². The quantitative estimate of drug-likeness (QED) is 0.535. The van der Waals surface area contributed by atoms with Crippen molar-refractivity contribution < 1.29 is 23.5 Å². The fourth-order valence-electron chi connectivity index (χ4n) is 3.83. The summed E-state index contributed by atoms with van der Waals surface area (Å²) in [4.78, 5) is 42.0. The van der Waals surface area contributed by atoms with Crippen molar-refractivity contribution in [3.8, 4) is 5.75 Å². The fourth-order valence-corrected chi connectivity index (χ4v) is 3.83. The van der Waals surface area contributed by atoms with Crippen LogP contribution in [0.25, 0.3) is 0 Å². The summed E-state index contributed by atoms with van der Waals surface area (Å²) in [5, 5.41) is 0. The summed E-state index contributed by atoms with van der Waals surface area (Å²) in [6, 6.07) is 18.4. The Morgan fingerprint density at radius 3 is 2.24 bits per heavy atom. The maximum absolute atomic E-state index is 13.5. The van der Waals surface area contributed by atoms with Gasteiger partial charge in [0.1, 0.15) is 17.6 Å². The lowest BCUT2D eigenvalue weighted by atomic mass is 10.1. The summed E-state index contributed by atoms with van der Waals surface area (Å²) in [5.74, 6) is -1.18. The molecular weight excluding hydrogens is 423 g/mol. The minimum absolute atomic E-state index is 0.149. The molecule has 0 bridgehead atoms. The number of methoxy groups -OCH3 is 1. The van der Waals surface area contributed by atoms with Gasteiger partial charge in [-0.05, 0) is 61.0 Å². The van der Waals surface area contributed by atoms with Gasteiger partial charge in [-0.1, -0.05) is 29.8 Å². The van der Waals surface area contributed by atoms with Gasteiger partial charge < -0.3 is 9.64 Å². The summed E-state index contributed by atoms with van der Waals surface area (Å²) < 4.78 is 18.5. The van der Waals surface area contributed by atoms with Crippen LogP contribution in [0.2, 0.25) is 0 Å². The number of carbonyl (C=O) groups excluding carboxylic acids is 3. The van der Waals surface area contributed by atoms with Crippen LogP contribution in [0.3, 0.4) is 0 Å². The van der Waals surface area contributed by atoms with Gasteiger partial charge in [-0.25, -0.2) is 9.29 Å². The Morgan fingerprint density at radius 1 is 1.00 bits per heavy atom. The molecule has 3 aromatic rings. The van der Waals surface area contributed by atoms with Crippen LogP contribution in [0, 0.1) is 12.7 Å². The second kappa shape index (κ2) is 9.24. The molecule has 4 rings (SSSR count). The SMILES string of the molecule is COc1ccc(C(=O)N(Cc2ccc(C)cc2)C2CC(=O)N(c3ccc(F)cc3)C2=O)cc1. The lowest BCUT2D eigenvalue weighted by Crippen LogP contribution is -2.45. The van der Waals surface area contributed by atoms with E-state index in [1.807, 2.05) is 31.2 Å². The molecule has 1 aliphatic heterocycles. The van der Waals surface area contributed by atoms with E-state index in [1.165, 1.54) is 36.3 Å². The van der Waals surface area contributed by atoms with Crippen molar-refractivity contribution in [3.05, 3.63) is 95.3 Å². The van der Waals surface area contributed by atoms with E-state index in [-0.39, 0.29) is 24.6 Å². The summed E-state index contributed by atoms with van der Waals surface area (Å²) in [6.07, 6.45) is -0.149. The van der Waals surface area contributed by atoms with Crippen molar-refractivity contribution in [1.82, 2.24) is 4.90 Å². The normalized spacial score (nSPS) is 15.6. The molecular formula is C26H23FN2O4. The Bertz CT molecular complexity index is 1170. The molecule has 1 atom stereocenters. The number of benzene rings is 3. The Hall–Kier alpha value is -4.00. The van der Waals surface area contributed by atoms with Gasteiger partial charge >= 0.3 is 0 Å². The predicted molar refractivity (Wildman–Crippen MR) is 121 cm³/mol. The van der Waals surface area contributed by atoms with Gasteiger partial charge in [0.05, 0.1) is 19.2 Å². The number of halogens is 1. The molecule has 0 spiro atoms. The largest absolute Gasteiger partial charge is 0.497 e. The molecule has 0 aliphatic carbocycles. The first-order valence-electron chi connectivity index (χ1n) is 10.5. The second-order valence-electron chi connectivity index (χ2n) is 7.91. The lowest BCUT2D eigenvalue weighted by Gasteiger charge is -2.28. The minimum atomic E-state index is -0.974. The van der Waals surface area contributed by atoms with E-state index in [2.05, 4.69) is 0 Å². The third-order valence-electron chi connectivity index (χ3n) is 5.66. The Balaban J connectivity index is 1.67. The van der Waals surface area contributed by atoms with E-state index in [0.29, 0.717) is 11.3 Å². The van der Waals surface area contributed by atoms with Gasteiger partial charge in [-0.2, -0.15) is 0 Å². The van der Waals surface area contributed by atoms with Crippen molar-refractivity contribution in [3.63, 3.8) is 0 Å². The third-order valence-corrected chi connectivity index (χ3v) is 5.66. The molecule has 1 aliphatic rings. The number of carbonyl (C=O) groups is 3. The average Bonchev–Trinajstić information content (AvgIpc) is 3.12. The molecule has 1 fully saturated rings. The van der Waals surface area contributed by atoms with Crippen LogP contribution in [-0.4, -0.2) is 35.8 Å². The Kier molecular flexibility index (Phi) is 6.22. The number of hydrogen-bond acceptors (Lipinski definition) is 4. The standard InChI is InChI=1S/C26H23FN2O4/c1-17-3-5-18(6-4-17)16-28(25(31)19-7-13-22(33-2)14-8-19)23-15-24(30)29(26(23)32)21-11-9-20(27)10-12-21/h3-14,23H,15-16H2,1-2H3. The van der Waals surface area contributed by atoms with Crippen LogP contribution in [0.4, 0.5) is 10.1 Å². The van der Waals surface area contributed by atoms with Gasteiger partial charge in [-0.15, -0.1) is 0 Å². The highest BCUT2D eigenvalue weighted by molar-refractivity contribution is 6.23. The molecule has 1 heterocycles. The summed E-state index contributed by atoms with van der Waals surface area (Å²) >= 11 is 0. The summed E-state index contributed by atoms with van der Waals surface area (Å²) in [6.45, 7) is 2.12. The molecule has 33 heavy (non-hydrogen) atoms. The van der Waals surface area contributed by atoms with Gasteiger partial charge in [0.15, 0.2) is 0 Å². The first-order chi connectivity index (χ1) is 15.9. The maximum Gasteiger partial charge on any atom is 0.257 e. The highest BCUT2D eigenvalue weighted by Crippen LogP contribution is 2.28. The van der Waals surface area contributed by atoms with Crippen molar-refractivity contribution in [2.24, 2.45) is 0 Å². The molecule has 1 unspecified atom stereocenters. The molecule has 168 valence electrons. The van der Waals surface area contributed by atoms with Crippen LogP contribution in [0.1, 0.15) is 27.9 Å². The summed E-state index contributed by atoms with van der Waals surface area (Å²) in [5.41, 5.74) is 2.56. The first kappa shape index (κ1) is 22.2. The van der Waals surface area contributed by atoms with E-state index in [4.69, 9.17) is 4.74 Å². The summed E-state index contributed by atoms with van der Waals surface area (Å²) in [7, 11) is 1.54. The first-order valence-corrected chi connectivity index (χ1v) is 10.5. The molecule has 0 N–H and O–H groups in total. The predicted octanol–water partition coefficient (Wildman–Crippen LogP) is 4.12. The number of anilines is 1. The average molecular weight is 446 g/mol. The van der Waals surface area contributed by atoms with Gasteiger partial charge in [0.2, 0.25) is 5.91 Å². The van der Waals surface area contributed by atoms with Crippen molar-refractivity contribution in [2.45, 2.75) is 25.9 Å². The van der Waals surface area contributed by atoms with Crippen molar-refractivity contribution in [1.29, 1.82) is 0 Å². The molecule has 3 aromatic carbocycles. The zero-order valence-corrected chi connectivity index (χ0v) is 18.3. The highest BCUT2D eigenvalue weighted by atomic mass is 19.1. The minimum Gasteiger partial charge on any atom is -0.497 e. The Morgan fingerprint density at radius 2 is 1.64 bits per heavy atom.